The van der Waals surface area contributed by atoms with E-state index in [2.05, 4.69) is 36.5 Å². The fraction of sp³-hybridized carbons (Fsp3) is 0.667. The topological polar surface area (TPSA) is 41.5 Å². The molecule has 0 unspecified atom stereocenters. The Labute approximate surface area is 128 Å². The van der Waals surface area contributed by atoms with E-state index in [4.69, 9.17) is 9.84 Å². The predicted octanol–water partition coefficient (Wildman–Crippen LogP) is 3.30. The number of benzene rings is 1. The van der Waals surface area contributed by atoms with Crippen LogP contribution in [-0.4, -0.2) is 30.4 Å². The van der Waals surface area contributed by atoms with Gasteiger partial charge in [-0.2, -0.15) is 0 Å². The summed E-state index contributed by atoms with van der Waals surface area (Å²) in [4.78, 5) is 0. The second-order valence-electron chi connectivity index (χ2n) is 6.07. The molecule has 0 radical (unpaired) electrons. The Bertz CT molecular complexity index is 391. The minimum Gasteiger partial charge on any atom is -0.489 e. The molecule has 118 valence electrons. The van der Waals surface area contributed by atoms with Gasteiger partial charge in [0.2, 0.25) is 0 Å². The summed E-state index contributed by atoms with van der Waals surface area (Å²) in [5.41, 5.74) is 1.40. The maximum absolute atomic E-state index is 9.10. The molecule has 0 bridgehead atoms. The van der Waals surface area contributed by atoms with Crippen LogP contribution in [0.5, 0.6) is 5.75 Å². The molecule has 0 saturated carbocycles. The van der Waals surface area contributed by atoms with Crippen molar-refractivity contribution in [1.82, 2.24) is 5.32 Å². The Balaban J connectivity index is 1.69. The van der Waals surface area contributed by atoms with Gasteiger partial charge in [0.25, 0.3) is 0 Å². The molecule has 0 amide bonds. The Morgan fingerprint density at radius 3 is 2.57 bits per heavy atom. The molecule has 0 aromatic heterocycles. The molecule has 1 heterocycles. The SMILES string of the molecule is CCCCCCCc1ccc(O[C@H]2CN[C@H](CO)C2)cc1. The number of ether oxygens (including phenoxy) is 1. The summed E-state index contributed by atoms with van der Waals surface area (Å²) in [7, 11) is 0. The number of aryl methyl sites for hydroxylation is 1. The number of rotatable bonds is 9. The third-order valence-electron chi connectivity index (χ3n) is 4.20. The van der Waals surface area contributed by atoms with E-state index in [1.165, 1.54) is 44.1 Å². The van der Waals surface area contributed by atoms with Crippen molar-refractivity contribution in [3.63, 3.8) is 0 Å². The van der Waals surface area contributed by atoms with Gasteiger partial charge in [-0.1, -0.05) is 44.7 Å². The van der Waals surface area contributed by atoms with E-state index in [0.29, 0.717) is 0 Å². The van der Waals surface area contributed by atoms with E-state index in [1.807, 2.05) is 0 Å². The number of aliphatic hydroxyl groups excluding tert-OH is 1. The Hall–Kier alpha value is -1.06. The highest BCUT2D eigenvalue weighted by atomic mass is 16.5. The second-order valence-corrected chi connectivity index (χ2v) is 6.07. The monoisotopic (exact) mass is 291 g/mol. The number of aliphatic hydroxyl groups is 1. The average Bonchev–Trinajstić information content (AvgIpc) is 2.96. The molecular formula is C18H29NO2. The van der Waals surface area contributed by atoms with Crippen molar-refractivity contribution in [1.29, 1.82) is 0 Å². The molecule has 2 N–H and O–H groups in total. The summed E-state index contributed by atoms with van der Waals surface area (Å²) in [6.45, 7) is 3.27. The first kappa shape index (κ1) is 16.3. The Kier molecular flexibility index (Phi) is 7.04. The van der Waals surface area contributed by atoms with Crippen molar-refractivity contribution >= 4 is 0 Å². The molecule has 21 heavy (non-hydrogen) atoms. The molecule has 1 aliphatic rings. The molecule has 3 heteroatoms. The van der Waals surface area contributed by atoms with Crippen LogP contribution in [0.15, 0.2) is 24.3 Å². The maximum atomic E-state index is 9.10. The normalized spacial score (nSPS) is 21.6. The summed E-state index contributed by atoms with van der Waals surface area (Å²) in [6, 6.07) is 8.71. The van der Waals surface area contributed by atoms with Gasteiger partial charge in [0.15, 0.2) is 0 Å². The lowest BCUT2D eigenvalue weighted by Gasteiger charge is -2.13. The first-order valence-corrected chi connectivity index (χ1v) is 8.41. The maximum Gasteiger partial charge on any atom is 0.119 e. The fourth-order valence-corrected chi connectivity index (χ4v) is 2.87. The lowest BCUT2D eigenvalue weighted by Crippen LogP contribution is -2.25. The summed E-state index contributed by atoms with van der Waals surface area (Å²) in [6.07, 6.45) is 8.88. The van der Waals surface area contributed by atoms with Crippen molar-refractivity contribution in [2.45, 2.75) is 64.0 Å². The van der Waals surface area contributed by atoms with Gasteiger partial charge < -0.3 is 15.2 Å². The van der Waals surface area contributed by atoms with Gasteiger partial charge in [-0.25, -0.2) is 0 Å². The second kappa shape index (κ2) is 9.06. The van der Waals surface area contributed by atoms with E-state index < -0.39 is 0 Å². The molecule has 0 aliphatic carbocycles. The highest BCUT2D eigenvalue weighted by molar-refractivity contribution is 5.27. The van der Waals surface area contributed by atoms with Crippen LogP contribution < -0.4 is 10.1 Å². The molecule has 1 aromatic rings. The van der Waals surface area contributed by atoms with Gasteiger partial charge >= 0.3 is 0 Å². The Morgan fingerprint density at radius 2 is 1.90 bits per heavy atom. The van der Waals surface area contributed by atoms with E-state index in [1.54, 1.807) is 0 Å². The van der Waals surface area contributed by atoms with Crippen LogP contribution in [0.2, 0.25) is 0 Å². The van der Waals surface area contributed by atoms with Crippen molar-refractivity contribution in [2.24, 2.45) is 0 Å². The first-order valence-electron chi connectivity index (χ1n) is 8.41. The lowest BCUT2D eigenvalue weighted by atomic mass is 10.1. The van der Waals surface area contributed by atoms with Gasteiger partial charge in [-0.15, -0.1) is 0 Å². The standard InChI is InChI=1S/C18H29NO2/c1-2-3-4-5-6-7-15-8-10-17(11-9-15)21-18-12-16(14-20)19-13-18/h8-11,16,18-20H,2-7,12-14H2,1H3/t16-,18+/m0/s1. The first-order chi connectivity index (χ1) is 10.3. The molecular weight excluding hydrogens is 262 g/mol. The highest BCUT2D eigenvalue weighted by Crippen LogP contribution is 2.19. The van der Waals surface area contributed by atoms with Crippen LogP contribution in [0.1, 0.15) is 51.0 Å². The number of unbranched alkanes of at least 4 members (excludes halogenated alkanes) is 4. The predicted molar refractivity (Wildman–Crippen MR) is 86.8 cm³/mol. The minimum absolute atomic E-state index is 0.182. The molecule has 1 fully saturated rings. The third kappa shape index (κ3) is 5.68. The fourth-order valence-electron chi connectivity index (χ4n) is 2.87. The summed E-state index contributed by atoms with van der Waals surface area (Å²) in [5, 5.41) is 12.4. The van der Waals surface area contributed by atoms with Gasteiger partial charge in [0.1, 0.15) is 11.9 Å². The van der Waals surface area contributed by atoms with Crippen molar-refractivity contribution in [3.8, 4) is 5.75 Å². The molecule has 3 nitrogen and oxygen atoms in total. The van der Waals surface area contributed by atoms with Crippen LogP contribution in [0.3, 0.4) is 0 Å². The molecule has 2 rings (SSSR count). The quantitative estimate of drug-likeness (QED) is 0.686. The van der Waals surface area contributed by atoms with Gasteiger partial charge in [-0.3, -0.25) is 0 Å². The zero-order valence-corrected chi connectivity index (χ0v) is 13.2. The van der Waals surface area contributed by atoms with Crippen LogP contribution in [0.25, 0.3) is 0 Å². The highest BCUT2D eigenvalue weighted by Gasteiger charge is 2.24. The van der Waals surface area contributed by atoms with E-state index in [-0.39, 0.29) is 18.8 Å². The number of hydrogen-bond donors (Lipinski definition) is 2. The number of nitrogens with one attached hydrogen (secondary N) is 1. The summed E-state index contributed by atoms with van der Waals surface area (Å²) in [5.74, 6) is 0.940. The van der Waals surface area contributed by atoms with Crippen molar-refractivity contribution in [3.05, 3.63) is 29.8 Å². The molecule has 1 saturated heterocycles. The Morgan fingerprint density at radius 1 is 1.14 bits per heavy atom. The van der Waals surface area contributed by atoms with E-state index in [9.17, 15) is 0 Å². The van der Waals surface area contributed by atoms with Crippen molar-refractivity contribution < 1.29 is 9.84 Å². The molecule has 1 aliphatic heterocycles. The van der Waals surface area contributed by atoms with Crippen LogP contribution in [0, 0.1) is 0 Å². The van der Waals surface area contributed by atoms with Gasteiger partial charge in [0, 0.05) is 19.0 Å². The van der Waals surface area contributed by atoms with Gasteiger partial charge in [-0.05, 0) is 30.5 Å². The van der Waals surface area contributed by atoms with E-state index in [0.717, 1.165) is 18.7 Å². The minimum atomic E-state index is 0.182. The average molecular weight is 291 g/mol. The summed E-state index contributed by atoms with van der Waals surface area (Å²) < 4.78 is 5.95. The molecule has 0 spiro atoms. The van der Waals surface area contributed by atoms with Crippen LogP contribution in [0.4, 0.5) is 0 Å². The zero-order chi connectivity index (χ0) is 14.9. The summed E-state index contributed by atoms with van der Waals surface area (Å²) >= 11 is 0. The molecule has 2 atom stereocenters. The zero-order valence-electron chi connectivity index (χ0n) is 13.2. The molecule has 1 aromatic carbocycles. The smallest absolute Gasteiger partial charge is 0.119 e. The third-order valence-corrected chi connectivity index (χ3v) is 4.20. The van der Waals surface area contributed by atoms with Crippen LogP contribution in [-0.2, 0) is 6.42 Å². The number of hydrogen-bond acceptors (Lipinski definition) is 3. The van der Waals surface area contributed by atoms with Crippen molar-refractivity contribution in [2.75, 3.05) is 13.2 Å². The van der Waals surface area contributed by atoms with Gasteiger partial charge in [0.05, 0.1) is 6.61 Å². The van der Waals surface area contributed by atoms with E-state index >= 15 is 0 Å². The lowest BCUT2D eigenvalue weighted by molar-refractivity contribution is 0.206. The van der Waals surface area contributed by atoms with Crippen LogP contribution >= 0.6 is 0 Å². The largest absolute Gasteiger partial charge is 0.489 e.